The molecule has 1 aliphatic rings. The van der Waals surface area contributed by atoms with Gasteiger partial charge >= 0.3 is 0 Å². The maximum atomic E-state index is 13.6. The molecule has 2 heterocycles. The van der Waals surface area contributed by atoms with Gasteiger partial charge in [-0.25, -0.2) is 4.98 Å². The largest absolute Gasteiger partial charge is 0.496 e. The molecule has 0 radical (unpaired) electrons. The number of amides is 1. The maximum Gasteiger partial charge on any atom is 0.262 e. The highest BCUT2D eigenvalue weighted by atomic mass is 35.5. The van der Waals surface area contributed by atoms with E-state index in [-0.39, 0.29) is 5.91 Å². The quantitative estimate of drug-likeness (QED) is 0.303. The van der Waals surface area contributed by atoms with Crippen molar-refractivity contribution >= 4 is 40.6 Å². The molecule has 34 heavy (non-hydrogen) atoms. The summed E-state index contributed by atoms with van der Waals surface area (Å²) in [6, 6.07) is 26.8. The van der Waals surface area contributed by atoms with E-state index in [1.165, 1.54) is 0 Å². The summed E-state index contributed by atoms with van der Waals surface area (Å²) in [7, 11) is 1.67. The second-order valence-corrected chi connectivity index (χ2v) is 9.20. The van der Waals surface area contributed by atoms with Crippen LogP contribution in [-0.4, -0.2) is 18.0 Å². The summed E-state index contributed by atoms with van der Waals surface area (Å²) in [5, 5.41) is 5.12. The lowest BCUT2D eigenvalue weighted by Crippen LogP contribution is -2.43. The number of carbonyl (C=O) groups is 1. The lowest BCUT2D eigenvalue weighted by atomic mass is 10.0. The molecule has 1 atom stereocenters. The van der Waals surface area contributed by atoms with Crippen molar-refractivity contribution in [3.63, 3.8) is 0 Å². The highest BCUT2D eigenvalue weighted by molar-refractivity contribution is 7.98. The van der Waals surface area contributed by atoms with Crippen molar-refractivity contribution in [1.29, 1.82) is 0 Å². The number of benzene rings is 3. The number of aromatic nitrogens is 1. The molecule has 0 aliphatic carbocycles. The number of thioether (sulfide) groups is 1. The van der Waals surface area contributed by atoms with Crippen LogP contribution in [0.1, 0.15) is 27.7 Å². The molecule has 7 heteroatoms. The summed E-state index contributed by atoms with van der Waals surface area (Å²) in [4.78, 5) is 19.8. The van der Waals surface area contributed by atoms with Crippen LogP contribution in [0.5, 0.6) is 5.75 Å². The summed E-state index contributed by atoms with van der Waals surface area (Å²) in [5.41, 5.74) is 4.19. The lowest BCUT2D eigenvalue weighted by Gasteiger charge is -2.38. The molecule has 0 unspecified atom stereocenters. The van der Waals surface area contributed by atoms with E-state index in [1.807, 2.05) is 66.7 Å². The number of fused-ring (bicyclic) bond motifs is 1. The Morgan fingerprint density at radius 1 is 1.03 bits per heavy atom. The number of pyridine rings is 1. The molecular weight excluding hydrogens is 466 g/mol. The van der Waals surface area contributed by atoms with Crippen molar-refractivity contribution in [2.24, 2.45) is 0 Å². The van der Waals surface area contributed by atoms with E-state index in [0.29, 0.717) is 16.3 Å². The van der Waals surface area contributed by atoms with Gasteiger partial charge < -0.3 is 10.1 Å². The summed E-state index contributed by atoms with van der Waals surface area (Å²) >= 11 is 7.76. The van der Waals surface area contributed by atoms with Crippen molar-refractivity contribution < 1.29 is 9.53 Å². The van der Waals surface area contributed by atoms with Crippen molar-refractivity contribution in [2.45, 2.75) is 16.9 Å². The van der Waals surface area contributed by atoms with E-state index in [1.54, 1.807) is 42.1 Å². The first-order chi connectivity index (χ1) is 16.6. The summed E-state index contributed by atoms with van der Waals surface area (Å²) in [5.74, 6) is 1.42. The van der Waals surface area contributed by atoms with Gasteiger partial charge in [-0.15, -0.1) is 11.8 Å². The Labute approximate surface area is 207 Å². The number of carbonyl (C=O) groups excluding carboxylic acids is 1. The van der Waals surface area contributed by atoms with Gasteiger partial charge in [0.1, 0.15) is 11.9 Å². The topological polar surface area (TPSA) is 54.5 Å². The highest BCUT2D eigenvalue weighted by Crippen LogP contribution is 2.38. The number of nitrogens with one attached hydrogen (secondary N) is 1. The van der Waals surface area contributed by atoms with E-state index >= 15 is 0 Å². The van der Waals surface area contributed by atoms with Crippen LogP contribution in [-0.2, 0) is 5.75 Å². The first-order valence-corrected chi connectivity index (χ1v) is 12.2. The number of hydrogen-bond donors (Lipinski definition) is 1. The SMILES string of the molecule is COc1ccc([C@H]2Nc3ccccc3C(=O)N2c2ccc(Cl)cc2)cc1CSc1ccccn1. The molecule has 3 aromatic carbocycles. The second kappa shape index (κ2) is 9.79. The molecule has 0 saturated heterocycles. The number of anilines is 2. The third-order valence-corrected chi connectivity index (χ3v) is 6.91. The van der Waals surface area contributed by atoms with Gasteiger partial charge in [0, 0.05) is 33.9 Å². The Morgan fingerprint density at radius 3 is 2.59 bits per heavy atom. The van der Waals surface area contributed by atoms with Gasteiger partial charge in [0.15, 0.2) is 0 Å². The molecule has 5 nitrogen and oxygen atoms in total. The number of para-hydroxylation sites is 1. The highest BCUT2D eigenvalue weighted by Gasteiger charge is 2.34. The van der Waals surface area contributed by atoms with Crippen LogP contribution < -0.4 is 15.0 Å². The van der Waals surface area contributed by atoms with Gasteiger partial charge in [-0.3, -0.25) is 9.69 Å². The Hall–Kier alpha value is -3.48. The Kier molecular flexibility index (Phi) is 6.43. The van der Waals surface area contributed by atoms with Crippen LogP contribution in [0.2, 0.25) is 5.02 Å². The fraction of sp³-hybridized carbons (Fsp3) is 0.111. The molecule has 5 rings (SSSR count). The molecular formula is C27H22ClN3O2S. The fourth-order valence-electron chi connectivity index (χ4n) is 4.02. The molecule has 0 fully saturated rings. The van der Waals surface area contributed by atoms with E-state index in [4.69, 9.17) is 16.3 Å². The fourth-order valence-corrected chi connectivity index (χ4v) is 4.99. The zero-order chi connectivity index (χ0) is 23.5. The Morgan fingerprint density at radius 2 is 1.82 bits per heavy atom. The van der Waals surface area contributed by atoms with Gasteiger partial charge in [0.2, 0.25) is 0 Å². The average molecular weight is 488 g/mol. The lowest BCUT2D eigenvalue weighted by molar-refractivity contribution is 0.0975. The van der Waals surface area contributed by atoms with E-state index in [0.717, 1.165) is 33.3 Å². The van der Waals surface area contributed by atoms with Gasteiger partial charge in [-0.1, -0.05) is 35.9 Å². The summed E-state index contributed by atoms with van der Waals surface area (Å²) in [6.45, 7) is 0. The number of nitrogens with zero attached hydrogens (tertiary/aromatic N) is 2. The smallest absolute Gasteiger partial charge is 0.262 e. The van der Waals surface area contributed by atoms with Crippen LogP contribution in [0.4, 0.5) is 11.4 Å². The number of ether oxygens (including phenoxy) is 1. The minimum absolute atomic E-state index is 0.0677. The van der Waals surface area contributed by atoms with Crippen LogP contribution in [0.3, 0.4) is 0 Å². The number of halogens is 1. The van der Waals surface area contributed by atoms with Crippen LogP contribution >= 0.6 is 23.4 Å². The standard InChI is InChI=1S/C27H22ClN3O2S/c1-33-24-14-9-18(16-19(24)17-34-25-8-4-5-15-29-25)26-30-23-7-3-2-6-22(23)27(32)31(26)21-12-10-20(28)11-13-21/h2-16,26,30H,17H2,1H3/t26-/m0/s1. The minimum Gasteiger partial charge on any atom is -0.496 e. The number of rotatable bonds is 6. The monoisotopic (exact) mass is 487 g/mol. The summed E-state index contributed by atoms with van der Waals surface area (Å²) in [6.07, 6.45) is 1.39. The van der Waals surface area contributed by atoms with Crippen LogP contribution in [0, 0.1) is 0 Å². The molecule has 1 aliphatic heterocycles. The van der Waals surface area contributed by atoms with Crippen molar-refractivity contribution in [3.05, 3.63) is 113 Å². The van der Waals surface area contributed by atoms with Crippen molar-refractivity contribution in [2.75, 3.05) is 17.3 Å². The Balaban J connectivity index is 1.54. The van der Waals surface area contributed by atoms with E-state index < -0.39 is 6.17 Å². The minimum atomic E-state index is -0.395. The van der Waals surface area contributed by atoms with Gasteiger partial charge in [0.05, 0.1) is 17.7 Å². The number of methoxy groups -OCH3 is 1. The van der Waals surface area contributed by atoms with Crippen molar-refractivity contribution in [1.82, 2.24) is 4.98 Å². The molecule has 1 N–H and O–H groups in total. The maximum absolute atomic E-state index is 13.6. The first kappa shape index (κ1) is 22.3. The first-order valence-electron chi connectivity index (χ1n) is 10.8. The molecule has 1 amide bonds. The van der Waals surface area contributed by atoms with Gasteiger partial charge in [0.25, 0.3) is 5.91 Å². The predicted octanol–water partition coefficient (Wildman–Crippen LogP) is 6.81. The predicted molar refractivity (Wildman–Crippen MR) is 138 cm³/mol. The van der Waals surface area contributed by atoms with E-state index in [9.17, 15) is 4.79 Å². The third kappa shape index (κ3) is 4.47. The molecule has 1 aromatic heterocycles. The third-order valence-electron chi connectivity index (χ3n) is 5.66. The zero-order valence-corrected chi connectivity index (χ0v) is 20.0. The van der Waals surface area contributed by atoms with Crippen LogP contribution in [0.25, 0.3) is 0 Å². The summed E-state index contributed by atoms with van der Waals surface area (Å²) < 4.78 is 5.63. The van der Waals surface area contributed by atoms with E-state index in [2.05, 4.69) is 16.4 Å². The Bertz CT molecular complexity index is 1320. The molecule has 0 spiro atoms. The molecule has 4 aromatic rings. The zero-order valence-electron chi connectivity index (χ0n) is 18.4. The van der Waals surface area contributed by atoms with Crippen molar-refractivity contribution in [3.8, 4) is 5.75 Å². The average Bonchev–Trinajstić information content (AvgIpc) is 2.88. The molecule has 170 valence electrons. The van der Waals surface area contributed by atoms with Crippen LogP contribution in [0.15, 0.2) is 96.2 Å². The van der Waals surface area contributed by atoms with Gasteiger partial charge in [-0.2, -0.15) is 0 Å². The van der Waals surface area contributed by atoms with Gasteiger partial charge in [-0.05, 0) is 66.2 Å². The normalized spacial score (nSPS) is 14.9. The molecule has 0 saturated carbocycles. The molecule has 0 bridgehead atoms. The second-order valence-electron chi connectivity index (χ2n) is 7.77. The number of hydrogen-bond acceptors (Lipinski definition) is 5.